The molecule has 0 radical (unpaired) electrons. The molecule has 1 aliphatic rings. The van der Waals surface area contributed by atoms with Crippen LogP contribution < -0.4 is 10.9 Å². The molecule has 2 rings (SSSR count). The van der Waals surface area contributed by atoms with Crippen molar-refractivity contribution in [3.05, 3.63) is 34.2 Å². The van der Waals surface area contributed by atoms with E-state index in [2.05, 4.69) is 17.0 Å². The molecule has 1 unspecified atom stereocenters. The lowest BCUT2D eigenvalue weighted by Gasteiger charge is -2.13. The third-order valence-corrected chi connectivity index (χ3v) is 3.20. The molecule has 0 saturated carbocycles. The Hall–Kier alpha value is -1.33. The molecule has 1 fully saturated rings. The number of nitrogens with zero attached hydrogens (tertiary/aromatic N) is 2. The lowest BCUT2D eigenvalue weighted by molar-refractivity contribution is 0.120. The maximum absolute atomic E-state index is 11.8. The Balaban J connectivity index is 2.06. The second-order valence-electron chi connectivity index (χ2n) is 4.16. The number of hydrogen-bond acceptors (Lipinski definition) is 4. The van der Waals surface area contributed by atoms with Gasteiger partial charge in [0.2, 0.25) is 0 Å². The summed E-state index contributed by atoms with van der Waals surface area (Å²) in [5, 5.41) is 7.28. The molecule has 1 aromatic heterocycles. The normalized spacial score (nSPS) is 18.8. The van der Waals surface area contributed by atoms with Gasteiger partial charge in [-0.25, -0.2) is 4.68 Å². The van der Waals surface area contributed by atoms with Gasteiger partial charge in [-0.3, -0.25) is 4.79 Å². The molecule has 18 heavy (non-hydrogen) atoms. The van der Waals surface area contributed by atoms with Crippen LogP contribution in [-0.2, 0) is 11.3 Å². The molecule has 5 nitrogen and oxygen atoms in total. The van der Waals surface area contributed by atoms with Crippen molar-refractivity contribution in [1.82, 2.24) is 9.78 Å². The molecule has 6 heteroatoms. The summed E-state index contributed by atoms with van der Waals surface area (Å²) in [6.07, 6.45) is 5.47. The van der Waals surface area contributed by atoms with Gasteiger partial charge in [0.1, 0.15) is 5.02 Å². The van der Waals surface area contributed by atoms with E-state index in [-0.39, 0.29) is 16.7 Å². The van der Waals surface area contributed by atoms with Crippen LogP contribution in [0.5, 0.6) is 0 Å². The summed E-state index contributed by atoms with van der Waals surface area (Å²) in [6, 6.07) is 0. The van der Waals surface area contributed by atoms with Gasteiger partial charge in [0.05, 0.1) is 24.5 Å². The molecule has 0 spiro atoms. The fourth-order valence-corrected chi connectivity index (χ4v) is 2.08. The highest BCUT2D eigenvalue weighted by Gasteiger charge is 2.16. The molecule has 1 aliphatic heterocycles. The van der Waals surface area contributed by atoms with Crippen LogP contribution >= 0.6 is 11.6 Å². The summed E-state index contributed by atoms with van der Waals surface area (Å²) in [5.74, 6) is 0. The molecule has 0 amide bonds. The molecule has 1 saturated heterocycles. The predicted octanol–water partition coefficient (Wildman–Crippen LogP) is 1.67. The van der Waals surface area contributed by atoms with Crippen molar-refractivity contribution < 1.29 is 4.74 Å². The number of rotatable bonds is 5. The van der Waals surface area contributed by atoms with E-state index in [1.54, 1.807) is 12.3 Å². The van der Waals surface area contributed by atoms with Crippen LogP contribution in [0.25, 0.3) is 0 Å². The molecule has 1 aromatic rings. The SMILES string of the molecule is C=CCn1ncc(NCC2CCCO2)c(Cl)c1=O. The van der Waals surface area contributed by atoms with E-state index in [0.717, 1.165) is 19.4 Å². The first kappa shape index (κ1) is 13.1. The minimum atomic E-state index is -0.311. The lowest BCUT2D eigenvalue weighted by Crippen LogP contribution is -2.25. The van der Waals surface area contributed by atoms with Crippen LogP contribution in [-0.4, -0.2) is 29.0 Å². The standard InChI is InChI=1S/C12H16ClN3O2/c1-2-5-16-12(17)11(13)10(8-15-16)14-7-9-4-3-6-18-9/h2,8-9,14H,1,3-7H2. The van der Waals surface area contributed by atoms with Crippen LogP contribution in [0.3, 0.4) is 0 Å². The van der Waals surface area contributed by atoms with Gasteiger partial charge in [0.15, 0.2) is 0 Å². The van der Waals surface area contributed by atoms with Crippen LogP contribution in [0.1, 0.15) is 12.8 Å². The lowest BCUT2D eigenvalue weighted by atomic mass is 10.2. The Morgan fingerprint density at radius 3 is 3.22 bits per heavy atom. The van der Waals surface area contributed by atoms with E-state index < -0.39 is 0 Å². The third kappa shape index (κ3) is 2.91. The maximum Gasteiger partial charge on any atom is 0.287 e. The molecular formula is C12H16ClN3O2. The summed E-state index contributed by atoms with van der Waals surface area (Å²) >= 11 is 6.01. The average Bonchev–Trinajstić information content (AvgIpc) is 2.87. The number of hydrogen-bond donors (Lipinski definition) is 1. The van der Waals surface area contributed by atoms with E-state index in [1.165, 1.54) is 4.68 Å². The van der Waals surface area contributed by atoms with E-state index in [1.807, 2.05) is 0 Å². The van der Waals surface area contributed by atoms with Gasteiger partial charge < -0.3 is 10.1 Å². The fourth-order valence-electron chi connectivity index (χ4n) is 1.87. The Bertz CT molecular complexity index is 481. The summed E-state index contributed by atoms with van der Waals surface area (Å²) < 4.78 is 6.75. The summed E-state index contributed by atoms with van der Waals surface area (Å²) in [7, 11) is 0. The zero-order valence-corrected chi connectivity index (χ0v) is 10.8. The predicted molar refractivity (Wildman–Crippen MR) is 71.2 cm³/mol. The van der Waals surface area contributed by atoms with Crippen LogP contribution in [0.2, 0.25) is 5.02 Å². The maximum atomic E-state index is 11.8. The van der Waals surface area contributed by atoms with Gasteiger partial charge in [-0.2, -0.15) is 5.10 Å². The van der Waals surface area contributed by atoms with Crippen molar-refractivity contribution in [2.24, 2.45) is 0 Å². The van der Waals surface area contributed by atoms with Crippen LogP contribution in [0.15, 0.2) is 23.6 Å². The molecule has 1 N–H and O–H groups in total. The number of nitrogens with one attached hydrogen (secondary N) is 1. The van der Waals surface area contributed by atoms with E-state index in [9.17, 15) is 4.79 Å². The second kappa shape index (κ2) is 6.02. The van der Waals surface area contributed by atoms with Crippen molar-refractivity contribution in [3.63, 3.8) is 0 Å². The first-order chi connectivity index (χ1) is 8.72. The van der Waals surface area contributed by atoms with E-state index in [0.29, 0.717) is 18.8 Å². The van der Waals surface area contributed by atoms with Crippen molar-refractivity contribution in [2.75, 3.05) is 18.5 Å². The minimum absolute atomic E-state index is 0.157. The Morgan fingerprint density at radius 2 is 2.56 bits per heavy atom. The Kier molecular flexibility index (Phi) is 4.38. The van der Waals surface area contributed by atoms with Gasteiger partial charge in [0.25, 0.3) is 5.56 Å². The molecule has 98 valence electrons. The molecule has 1 atom stereocenters. The van der Waals surface area contributed by atoms with Crippen LogP contribution in [0, 0.1) is 0 Å². The summed E-state index contributed by atoms with van der Waals surface area (Å²) in [6.45, 7) is 5.36. The van der Waals surface area contributed by atoms with Gasteiger partial charge in [-0.1, -0.05) is 17.7 Å². The van der Waals surface area contributed by atoms with Gasteiger partial charge in [-0.05, 0) is 12.8 Å². The zero-order chi connectivity index (χ0) is 13.0. The van der Waals surface area contributed by atoms with Gasteiger partial charge in [-0.15, -0.1) is 6.58 Å². The minimum Gasteiger partial charge on any atom is -0.380 e. The molecule has 0 aromatic carbocycles. The fraction of sp³-hybridized carbons (Fsp3) is 0.500. The number of halogens is 1. The number of aromatic nitrogens is 2. The van der Waals surface area contributed by atoms with Crippen molar-refractivity contribution in [2.45, 2.75) is 25.5 Å². The van der Waals surface area contributed by atoms with Crippen molar-refractivity contribution in [1.29, 1.82) is 0 Å². The zero-order valence-electron chi connectivity index (χ0n) is 10.1. The average molecular weight is 270 g/mol. The molecule has 2 heterocycles. The number of ether oxygens (including phenoxy) is 1. The third-order valence-electron chi connectivity index (χ3n) is 2.83. The number of anilines is 1. The van der Waals surface area contributed by atoms with Crippen molar-refractivity contribution in [3.8, 4) is 0 Å². The smallest absolute Gasteiger partial charge is 0.287 e. The topological polar surface area (TPSA) is 56.1 Å². The Labute approximate surface area is 110 Å². The molecule has 0 aliphatic carbocycles. The highest BCUT2D eigenvalue weighted by Crippen LogP contribution is 2.17. The first-order valence-electron chi connectivity index (χ1n) is 5.94. The Morgan fingerprint density at radius 1 is 1.72 bits per heavy atom. The molecular weight excluding hydrogens is 254 g/mol. The first-order valence-corrected chi connectivity index (χ1v) is 6.32. The number of allylic oxidation sites excluding steroid dienone is 1. The van der Waals surface area contributed by atoms with Crippen molar-refractivity contribution >= 4 is 17.3 Å². The van der Waals surface area contributed by atoms with E-state index in [4.69, 9.17) is 16.3 Å². The summed E-state index contributed by atoms with van der Waals surface area (Å²) in [5.41, 5.74) is 0.242. The second-order valence-corrected chi connectivity index (χ2v) is 4.54. The van der Waals surface area contributed by atoms with Gasteiger partial charge in [0, 0.05) is 13.2 Å². The largest absolute Gasteiger partial charge is 0.380 e. The van der Waals surface area contributed by atoms with Gasteiger partial charge >= 0.3 is 0 Å². The highest BCUT2D eigenvalue weighted by atomic mass is 35.5. The highest BCUT2D eigenvalue weighted by molar-refractivity contribution is 6.32. The molecule has 0 bridgehead atoms. The summed E-state index contributed by atoms with van der Waals surface area (Å²) in [4.78, 5) is 11.8. The van der Waals surface area contributed by atoms with Crippen LogP contribution in [0.4, 0.5) is 5.69 Å². The monoisotopic (exact) mass is 269 g/mol. The van der Waals surface area contributed by atoms with E-state index >= 15 is 0 Å². The quantitative estimate of drug-likeness (QED) is 0.827.